The van der Waals surface area contributed by atoms with Gasteiger partial charge in [-0.15, -0.1) is 0 Å². The Morgan fingerprint density at radius 3 is 2.15 bits per heavy atom. The van der Waals surface area contributed by atoms with E-state index in [1.807, 2.05) is 36.2 Å². The number of nitrogens with zero attached hydrogens (tertiary/aromatic N) is 2. The Morgan fingerprint density at radius 2 is 1.60 bits per heavy atom. The minimum atomic E-state index is 0.122. The number of carbonyl (C=O) groups excluding carboxylic acids is 1. The highest BCUT2D eigenvalue weighted by Gasteiger charge is 2.32. The van der Waals surface area contributed by atoms with Crippen molar-refractivity contribution >= 4 is 21.8 Å². The quantitative estimate of drug-likeness (QED) is 0.843. The minimum Gasteiger partial charge on any atom is -0.337 e. The van der Waals surface area contributed by atoms with E-state index in [9.17, 15) is 4.79 Å². The van der Waals surface area contributed by atoms with Gasteiger partial charge in [0.05, 0.1) is 0 Å². The van der Waals surface area contributed by atoms with Crippen LogP contribution in [-0.2, 0) is 0 Å². The zero-order valence-electron chi connectivity index (χ0n) is 12.5. The second kappa shape index (κ2) is 6.72. The summed E-state index contributed by atoms with van der Waals surface area (Å²) in [4.78, 5) is 16.8. The van der Waals surface area contributed by atoms with Crippen LogP contribution in [0.25, 0.3) is 0 Å². The summed E-state index contributed by atoms with van der Waals surface area (Å²) in [6, 6.07) is 8.40. The van der Waals surface area contributed by atoms with Crippen molar-refractivity contribution in [1.29, 1.82) is 0 Å². The molecule has 0 bridgehead atoms. The topological polar surface area (TPSA) is 23.6 Å². The lowest BCUT2D eigenvalue weighted by atomic mass is 9.88. The van der Waals surface area contributed by atoms with Crippen molar-refractivity contribution < 1.29 is 4.79 Å². The Labute approximate surface area is 130 Å². The summed E-state index contributed by atoms with van der Waals surface area (Å²) in [5, 5.41) is 0. The standard InChI is InChI=1S/C16H23BrN2O/c1-18(2)14-6-4-5-7-15(14)19(3)16(20)12-8-10-13(17)11-9-12/h8-11,14-15H,4-7H2,1-3H3/t14-,15-/m1/s1. The van der Waals surface area contributed by atoms with Crippen LogP contribution in [0.3, 0.4) is 0 Å². The van der Waals surface area contributed by atoms with Gasteiger partial charge in [-0.2, -0.15) is 0 Å². The molecule has 110 valence electrons. The van der Waals surface area contributed by atoms with Gasteiger partial charge in [-0.1, -0.05) is 28.8 Å². The Bertz CT molecular complexity index is 458. The van der Waals surface area contributed by atoms with Crippen molar-refractivity contribution in [3.05, 3.63) is 34.3 Å². The largest absolute Gasteiger partial charge is 0.337 e. The number of hydrogen-bond acceptors (Lipinski definition) is 2. The molecule has 0 spiro atoms. The van der Waals surface area contributed by atoms with E-state index in [-0.39, 0.29) is 5.91 Å². The average molecular weight is 339 g/mol. The highest BCUT2D eigenvalue weighted by Crippen LogP contribution is 2.26. The molecule has 0 heterocycles. The molecule has 1 aliphatic carbocycles. The lowest BCUT2D eigenvalue weighted by Gasteiger charge is -2.41. The number of carbonyl (C=O) groups is 1. The third kappa shape index (κ3) is 3.41. The van der Waals surface area contributed by atoms with E-state index in [2.05, 4.69) is 34.9 Å². The zero-order valence-corrected chi connectivity index (χ0v) is 14.1. The molecule has 0 saturated heterocycles. The number of rotatable bonds is 3. The molecule has 2 rings (SSSR count). The van der Waals surface area contributed by atoms with Crippen LogP contribution in [0.2, 0.25) is 0 Å². The average Bonchev–Trinajstić information content (AvgIpc) is 2.46. The molecule has 0 N–H and O–H groups in total. The van der Waals surface area contributed by atoms with Crippen LogP contribution in [0, 0.1) is 0 Å². The summed E-state index contributed by atoms with van der Waals surface area (Å²) in [5.41, 5.74) is 0.763. The first-order valence-corrected chi connectivity index (χ1v) is 7.99. The molecule has 1 aromatic rings. The van der Waals surface area contributed by atoms with Gasteiger partial charge >= 0.3 is 0 Å². The van der Waals surface area contributed by atoms with E-state index in [0.717, 1.165) is 16.5 Å². The van der Waals surface area contributed by atoms with Crippen molar-refractivity contribution in [3.8, 4) is 0 Å². The fourth-order valence-electron chi connectivity index (χ4n) is 3.09. The lowest BCUT2D eigenvalue weighted by Crippen LogP contribution is -2.51. The summed E-state index contributed by atoms with van der Waals surface area (Å²) in [5.74, 6) is 0.122. The monoisotopic (exact) mass is 338 g/mol. The summed E-state index contributed by atoms with van der Waals surface area (Å²) < 4.78 is 1.00. The minimum absolute atomic E-state index is 0.122. The molecule has 0 unspecified atom stereocenters. The van der Waals surface area contributed by atoms with Crippen LogP contribution in [-0.4, -0.2) is 48.9 Å². The first-order valence-electron chi connectivity index (χ1n) is 7.20. The van der Waals surface area contributed by atoms with E-state index in [4.69, 9.17) is 0 Å². The molecular formula is C16H23BrN2O. The van der Waals surface area contributed by atoms with Crippen molar-refractivity contribution in [3.63, 3.8) is 0 Å². The van der Waals surface area contributed by atoms with Crippen LogP contribution in [0.15, 0.2) is 28.7 Å². The second-order valence-electron chi connectivity index (χ2n) is 5.81. The van der Waals surface area contributed by atoms with E-state index in [1.165, 1.54) is 19.3 Å². The molecule has 20 heavy (non-hydrogen) atoms. The predicted molar refractivity (Wildman–Crippen MR) is 86.0 cm³/mol. The van der Waals surface area contributed by atoms with Gasteiger partial charge in [0.2, 0.25) is 0 Å². The van der Waals surface area contributed by atoms with Crippen LogP contribution in [0.4, 0.5) is 0 Å². The number of halogens is 1. The molecular weight excluding hydrogens is 316 g/mol. The highest BCUT2D eigenvalue weighted by atomic mass is 79.9. The van der Waals surface area contributed by atoms with Crippen molar-refractivity contribution in [2.75, 3.05) is 21.1 Å². The van der Waals surface area contributed by atoms with E-state index >= 15 is 0 Å². The van der Waals surface area contributed by atoms with Crippen molar-refractivity contribution in [2.24, 2.45) is 0 Å². The van der Waals surface area contributed by atoms with E-state index in [0.29, 0.717) is 12.1 Å². The third-order valence-electron chi connectivity index (χ3n) is 4.27. The Morgan fingerprint density at radius 1 is 1.05 bits per heavy atom. The van der Waals surface area contributed by atoms with Crippen molar-refractivity contribution in [2.45, 2.75) is 37.8 Å². The predicted octanol–water partition coefficient (Wildman–Crippen LogP) is 3.39. The van der Waals surface area contributed by atoms with Gasteiger partial charge in [0, 0.05) is 29.2 Å². The van der Waals surface area contributed by atoms with Gasteiger partial charge in [-0.05, 0) is 51.2 Å². The van der Waals surface area contributed by atoms with Crippen LogP contribution in [0.5, 0.6) is 0 Å². The van der Waals surface area contributed by atoms with Gasteiger partial charge < -0.3 is 9.80 Å². The molecule has 0 aromatic heterocycles. The summed E-state index contributed by atoms with van der Waals surface area (Å²) in [7, 11) is 6.17. The first kappa shape index (κ1) is 15.5. The molecule has 0 aliphatic heterocycles. The smallest absolute Gasteiger partial charge is 0.253 e. The van der Waals surface area contributed by atoms with Gasteiger partial charge in [0.1, 0.15) is 0 Å². The lowest BCUT2D eigenvalue weighted by molar-refractivity contribution is 0.0544. The first-order chi connectivity index (χ1) is 9.50. The maximum atomic E-state index is 12.6. The maximum absolute atomic E-state index is 12.6. The highest BCUT2D eigenvalue weighted by molar-refractivity contribution is 9.10. The molecule has 1 aliphatic rings. The van der Waals surface area contributed by atoms with Gasteiger partial charge in [0.25, 0.3) is 5.91 Å². The molecule has 2 atom stereocenters. The second-order valence-corrected chi connectivity index (χ2v) is 6.72. The molecule has 4 heteroatoms. The number of amides is 1. The Kier molecular flexibility index (Phi) is 5.22. The van der Waals surface area contributed by atoms with Gasteiger partial charge in [-0.25, -0.2) is 0 Å². The van der Waals surface area contributed by atoms with Crippen molar-refractivity contribution in [1.82, 2.24) is 9.80 Å². The van der Waals surface area contributed by atoms with Gasteiger partial charge in [0.15, 0.2) is 0 Å². The zero-order chi connectivity index (χ0) is 14.7. The third-order valence-corrected chi connectivity index (χ3v) is 4.79. The summed E-state index contributed by atoms with van der Waals surface area (Å²) in [6.07, 6.45) is 4.75. The number of likely N-dealkylation sites (N-methyl/N-ethyl adjacent to an activating group) is 2. The molecule has 1 saturated carbocycles. The SMILES string of the molecule is CN(C)[C@@H]1CCCC[C@H]1N(C)C(=O)c1ccc(Br)cc1. The molecule has 0 radical (unpaired) electrons. The van der Waals surface area contributed by atoms with Crippen LogP contribution >= 0.6 is 15.9 Å². The Hall–Kier alpha value is -0.870. The Balaban J connectivity index is 2.14. The fraction of sp³-hybridized carbons (Fsp3) is 0.562. The van der Waals surface area contributed by atoms with Crippen LogP contribution in [0.1, 0.15) is 36.0 Å². The molecule has 3 nitrogen and oxygen atoms in total. The fourth-order valence-corrected chi connectivity index (χ4v) is 3.36. The molecule has 1 fully saturated rings. The van der Waals surface area contributed by atoms with E-state index in [1.54, 1.807) is 0 Å². The maximum Gasteiger partial charge on any atom is 0.253 e. The number of hydrogen-bond donors (Lipinski definition) is 0. The van der Waals surface area contributed by atoms with Gasteiger partial charge in [-0.3, -0.25) is 4.79 Å². The molecule has 1 aromatic carbocycles. The normalized spacial score (nSPS) is 22.9. The summed E-state index contributed by atoms with van der Waals surface area (Å²) >= 11 is 3.41. The summed E-state index contributed by atoms with van der Waals surface area (Å²) in [6.45, 7) is 0. The molecule has 1 amide bonds. The number of benzene rings is 1. The van der Waals surface area contributed by atoms with E-state index < -0.39 is 0 Å². The van der Waals surface area contributed by atoms with Crippen LogP contribution < -0.4 is 0 Å².